The van der Waals surface area contributed by atoms with Gasteiger partial charge in [0.1, 0.15) is 0 Å². The van der Waals surface area contributed by atoms with Crippen molar-refractivity contribution in [2.45, 2.75) is 39.7 Å². The molecule has 110 valence electrons. The van der Waals surface area contributed by atoms with Gasteiger partial charge in [-0.2, -0.15) is 0 Å². The smallest absolute Gasteiger partial charge is 0.213 e. The van der Waals surface area contributed by atoms with Crippen LogP contribution in [0.3, 0.4) is 0 Å². The second-order valence-electron chi connectivity index (χ2n) is 5.64. The highest BCUT2D eigenvalue weighted by atomic mass is 16.5. The minimum absolute atomic E-state index is 0.615. The maximum atomic E-state index is 5.89. The summed E-state index contributed by atoms with van der Waals surface area (Å²) in [6.07, 6.45) is 7.98. The summed E-state index contributed by atoms with van der Waals surface area (Å²) >= 11 is 0. The number of hydrogen-bond acceptors (Lipinski definition) is 3. The Bertz CT molecular complexity index is 431. The molecule has 0 radical (unpaired) electrons. The molecule has 1 aliphatic rings. The van der Waals surface area contributed by atoms with Crippen LogP contribution in [0.4, 0.5) is 0 Å². The molecule has 20 heavy (non-hydrogen) atoms. The van der Waals surface area contributed by atoms with Gasteiger partial charge in [0.15, 0.2) is 0 Å². The number of rotatable bonds is 7. The van der Waals surface area contributed by atoms with E-state index in [0.717, 1.165) is 44.1 Å². The first-order valence-electron chi connectivity index (χ1n) is 7.74. The van der Waals surface area contributed by atoms with Crippen LogP contribution < -0.4 is 10.1 Å². The number of hydrogen-bond donors (Lipinski definition) is 1. The van der Waals surface area contributed by atoms with E-state index in [1.54, 1.807) is 0 Å². The van der Waals surface area contributed by atoms with Gasteiger partial charge in [-0.05, 0) is 43.7 Å². The molecule has 3 heteroatoms. The fraction of sp³-hybridized carbons (Fsp3) is 0.588. The zero-order valence-electron chi connectivity index (χ0n) is 12.6. The third kappa shape index (κ3) is 4.64. The predicted molar refractivity (Wildman–Crippen MR) is 82.8 cm³/mol. The number of nitrogens with zero attached hydrogens (tertiary/aromatic N) is 1. The molecule has 1 N–H and O–H groups in total. The van der Waals surface area contributed by atoms with Crippen molar-refractivity contribution in [3.05, 3.63) is 36.0 Å². The number of aromatic nitrogens is 1. The molecule has 3 nitrogen and oxygen atoms in total. The van der Waals surface area contributed by atoms with E-state index in [2.05, 4.69) is 36.3 Å². The summed E-state index contributed by atoms with van der Waals surface area (Å²) in [6.45, 7) is 7.08. The highest BCUT2D eigenvalue weighted by Crippen LogP contribution is 2.25. The van der Waals surface area contributed by atoms with Crippen LogP contribution in [0.2, 0.25) is 0 Å². The molecule has 1 aromatic rings. The van der Waals surface area contributed by atoms with Gasteiger partial charge in [0, 0.05) is 12.6 Å². The van der Waals surface area contributed by atoms with Crippen molar-refractivity contribution >= 4 is 0 Å². The van der Waals surface area contributed by atoms with Gasteiger partial charge in [0.2, 0.25) is 5.88 Å². The summed E-state index contributed by atoms with van der Waals surface area (Å²) in [6, 6.07) is 6.02. The van der Waals surface area contributed by atoms with Crippen LogP contribution in [0.15, 0.2) is 30.4 Å². The minimum Gasteiger partial charge on any atom is -0.477 e. The molecular weight excluding hydrogens is 248 g/mol. The summed E-state index contributed by atoms with van der Waals surface area (Å²) in [4.78, 5) is 4.55. The number of nitrogens with one attached hydrogen (secondary N) is 1. The number of pyridine rings is 1. The molecule has 0 bridgehead atoms. The zero-order valence-corrected chi connectivity index (χ0v) is 12.6. The van der Waals surface area contributed by atoms with Crippen molar-refractivity contribution < 1.29 is 4.74 Å². The Morgan fingerprint density at radius 1 is 1.30 bits per heavy atom. The van der Waals surface area contributed by atoms with Crippen LogP contribution in [0.1, 0.15) is 38.8 Å². The molecule has 0 saturated carbocycles. The molecule has 2 unspecified atom stereocenters. The Balaban J connectivity index is 1.83. The number of ether oxygens (including phenoxy) is 1. The lowest BCUT2D eigenvalue weighted by Gasteiger charge is -2.24. The number of allylic oxidation sites excluding steroid dienone is 2. The maximum absolute atomic E-state index is 5.89. The molecule has 0 fully saturated rings. The van der Waals surface area contributed by atoms with Gasteiger partial charge in [-0.25, -0.2) is 4.98 Å². The fourth-order valence-corrected chi connectivity index (χ4v) is 2.46. The van der Waals surface area contributed by atoms with Gasteiger partial charge in [0.25, 0.3) is 0 Å². The fourth-order valence-electron chi connectivity index (χ4n) is 2.46. The average Bonchev–Trinajstić information content (AvgIpc) is 2.47. The van der Waals surface area contributed by atoms with E-state index in [4.69, 9.17) is 4.74 Å². The maximum Gasteiger partial charge on any atom is 0.213 e. The first-order valence-corrected chi connectivity index (χ1v) is 7.74. The van der Waals surface area contributed by atoms with Crippen molar-refractivity contribution in [2.24, 2.45) is 11.8 Å². The van der Waals surface area contributed by atoms with Gasteiger partial charge in [-0.3, -0.25) is 0 Å². The van der Waals surface area contributed by atoms with Crippen molar-refractivity contribution in [1.82, 2.24) is 10.3 Å². The first kappa shape index (κ1) is 15.0. The van der Waals surface area contributed by atoms with Crippen LogP contribution in [0, 0.1) is 11.8 Å². The Hall–Kier alpha value is -1.35. The SMILES string of the molecule is CCCNCc1cccc(OCC2CC=CCC2C)n1. The van der Waals surface area contributed by atoms with E-state index in [1.165, 1.54) is 6.42 Å². The summed E-state index contributed by atoms with van der Waals surface area (Å²) in [5, 5.41) is 3.36. The second-order valence-corrected chi connectivity index (χ2v) is 5.64. The van der Waals surface area contributed by atoms with Crippen LogP contribution >= 0.6 is 0 Å². The summed E-state index contributed by atoms with van der Waals surface area (Å²) in [7, 11) is 0. The normalized spacial score (nSPS) is 21.9. The van der Waals surface area contributed by atoms with Gasteiger partial charge in [-0.15, -0.1) is 0 Å². The predicted octanol–water partition coefficient (Wildman–Crippen LogP) is 3.56. The van der Waals surface area contributed by atoms with E-state index < -0.39 is 0 Å². The molecule has 1 heterocycles. The van der Waals surface area contributed by atoms with Crippen molar-refractivity contribution in [2.75, 3.05) is 13.2 Å². The molecule has 1 aliphatic carbocycles. The molecule has 0 amide bonds. The minimum atomic E-state index is 0.615. The third-order valence-corrected chi connectivity index (χ3v) is 3.88. The highest BCUT2D eigenvalue weighted by molar-refractivity contribution is 5.15. The van der Waals surface area contributed by atoms with Crippen molar-refractivity contribution in [3.8, 4) is 5.88 Å². The Morgan fingerprint density at radius 2 is 2.15 bits per heavy atom. The Morgan fingerprint density at radius 3 is 2.95 bits per heavy atom. The Labute approximate surface area is 122 Å². The Kier molecular flexibility index (Phi) is 6.06. The van der Waals surface area contributed by atoms with Crippen molar-refractivity contribution in [3.63, 3.8) is 0 Å². The van der Waals surface area contributed by atoms with Crippen LogP contribution in [-0.4, -0.2) is 18.1 Å². The zero-order chi connectivity index (χ0) is 14.2. The van der Waals surface area contributed by atoms with E-state index in [1.807, 2.05) is 18.2 Å². The lowest BCUT2D eigenvalue weighted by atomic mass is 9.85. The molecule has 1 aromatic heterocycles. The first-order chi connectivity index (χ1) is 9.79. The van der Waals surface area contributed by atoms with Gasteiger partial charge in [-0.1, -0.05) is 32.1 Å². The van der Waals surface area contributed by atoms with Gasteiger partial charge >= 0.3 is 0 Å². The topological polar surface area (TPSA) is 34.1 Å². The second kappa shape index (κ2) is 8.05. The lowest BCUT2D eigenvalue weighted by Crippen LogP contribution is -2.21. The lowest BCUT2D eigenvalue weighted by molar-refractivity contribution is 0.192. The summed E-state index contributed by atoms with van der Waals surface area (Å²) in [5.74, 6) is 2.07. The van der Waals surface area contributed by atoms with Crippen LogP contribution in [-0.2, 0) is 6.54 Å². The molecule has 2 rings (SSSR count). The standard InChI is InChI=1S/C17H26N2O/c1-3-11-18-12-16-9-6-10-17(19-16)20-13-15-8-5-4-7-14(15)2/h4-6,9-10,14-15,18H,3,7-8,11-13H2,1-2H3. The van der Waals surface area contributed by atoms with E-state index >= 15 is 0 Å². The molecule has 0 aromatic carbocycles. The van der Waals surface area contributed by atoms with Crippen LogP contribution in [0.25, 0.3) is 0 Å². The van der Waals surface area contributed by atoms with E-state index in [-0.39, 0.29) is 0 Å². The van der Waals surface area contributed by atoms with Gasteiger partial charge < -0.3 is 10.1 Å². The third-order valence-electron chi connectivity index (χ3n) is 3.88. The van der Waals surface area contributed by atoms with Crippen LogP contribution in [0.5, 0.6) is 5.88 Å². The monoisotopic (exact) mass is 274 g/mol. The molecule has 0 aliphatic heterocycles. The molecule has 2 atom stereocenters. The van der Waals surface area contributed by atoms with E-state index in [9.17, 15) is 0 Å². The van der Waals surface area contributed by atoms with E-state index in [0.29, 0.717) is 11.8 Å². The largest absolute Gasteiger partial charge is 0.477 e. The van der Waals surface area contributed by atoms with Crippen molar-refractivity contribution in [1.29, 1.82) is 0 Å². The highest BCUT2D eigenvalue weighted by Gasteiger charge is 2.19. The van der Waals surface area contributed by atoms with Gasteiger partial charge in [0.05, 0.1) is 12.3 Å². The molecular formula is C17H26N2O. The quantitative estimate of drug-likeness (QED) is 0.610. The summed E-state index contributed by atoms with van der Waals surface area (Å²) in [5.41, 5.74) is 1.05. The molecule has 0 spiro atoms. The summed E-state index contributed by atoms with van der Waals surface area (Å²) < 4.78 is 5.89. The molecule has 0 saturated heterocycles. The average molecular weight is 274 g/mol.